The van der Waals surface area contributed by atoms with E-state index in [-0.39, 0.29) is 10.8 Å². The fourth-order valence-electron chi connectivity index (χ4n) is 4.49. The van der Waals surface area contributed by atoms with Gasteiger partial charge in [0.2, 0.25) is 0 Å². The van der Waals surface area contributed by atoms with Gasteiger partial charge in [-0.1, -0.05) is 20.8 Å². The highest BCUT2D eigenvalue weighted by Crippen LogP contribution is 2.89. The van der Waals surface area contributed by atoms with E-state index in [9.17, 15) is 4.79 Å². The average molecular weight is 164 g/mol. The Morgan fingerprint density at radius 2 is 1.67 bits per heavy atom. The van der Waals surface area contributed by atoms with Crippen molar-refractivity contribution in [3.63, 3.8) is 0 Å². The van der Waals surface area contributed by atoms with E-state index in [4.69, 9.17) is 0 Å². The molecule has 0 radical (unpaired) electrons. The molecular weight excluding hydrogens is 148 g/mol. The van der Waals surface area contributed by atoms with E-state index in [1.54, 1.807) is 0 Å². The van der Waals surface area contributed by atoms with Crippen LogP contribution >= 0.6 is 0 Å². The van der Waals surface area contributed by atoms with Gasteiger partial charge in [0.25, 0.3) is 0 Å². The van der Waals surface area contributed by atoms with Crippen LogP contribution in [-0.2, 0) is 4.79 Å². The third-order valence-corrected chi connectivity index (χ3v) is 5.90. The summed E-state index contributed by atoms with van der Waals surface area (Å²) in [5.74, 6) is 1.77. The van der Waals surface area contributed by atoms with Crippen molar-refractivity contribution >= 4 is 6.29 Å². The molecule has 2 atom stereocenters. The molecule has 1 heteroatoms. The Balaban J connectivity index is 2.19. The van der Waals surface area contributed by atoms with Crippen molar-refractivity contribution in [2.45, 2.75) is 33.6 Å². The molecule has 0 amide bonds. The molecule has 0 aliphatic heterocycles. The zero-order valence-corrected chi connectivity index (χ0v) is 8.05. The second kappa shape index (κ2) is 1.40. The van der Waals surface area contributed by atoms with Gasteiger partial charge in [-0.2, -0.15) is 0 Å². The summed E-state index contributed by atoms with van der Waals surface area (Å²) in [4.78, 5) is 11.2. The van der Waals surface area contributed by atoms with Crippen LogP contribution in [0.4, 0.5) is 0 Å². The number of carbonyl (C=O) groups is 1. The summed E-state index contributed by atoms with van der Waals surface area (Å²) in [6.45, 7) is 6.99. The van der Waals surface area contributed by atoms with Gasteiger partial charge in [0.05, 0.1) is 0 Å². The third kappa shape index (κ3) is 0.364. The second-order valence-corrected chi connectivity index (χ2v) is 5.80. The molecule has 66 valence electrons. The molecule has 4 fully saturated rings. The number of carbonyl (C=O) groups excluding carboxylic acids is 1. The Labute approximate surface area is 73.5 Å². The van der Waals surface area contributed by atoms with Gasteiger partial charge in [-0.3, -0.25) is 0 Å². The van der Waals surface area contributed by atoms with Crippen molar-refractivity contribution in [3.05, 3.63) is 0 Å². The molecular formula is C11H16O. The van der Waals surface area contributed by atoms with Crippen LogP contribution in [0.15, 0.2) is 0 Å². The standard InChI is InChI=1S/C11H16O/c1-9(2)10(3)7-4-11(9,6-12)5-8(7)10/h6-8H,4-5H2,1-3H3. The number of hydrogen-bond donors (Lipinski definition) is 0. The molecule has 12 heavy (non-hydrogen) atoms. The SMILES string of the molecule is CC12C3CC(C=O)(CC31)C2(C)C. The highest BCUT2D eigenvalue weighted by molar-refractivity contribution is 5.67. The molecule has 4 aliphatic carbocycles. The Bertz CT molecular complexity index is 265. The van der Waals surface area contributed by atoms with Gasteiger partial charge in [0.1, 0.15) is 6.29 Å². The zero-order valence-electron chi connectivity index (χ0n) is 8.05. The molecule has 2 unspecified atom stereocenters. The molecule has 0 aromatic rings. The van der Waals surface area contributed by atoms with Gasteiger partial charge >= 0.3 is 0 Å². The Hall–Kier alpha value is -0.330. The first-order chi connectivity index (χ1) is 5.49. The molecule has 4 saturated carbocycles. The fourth-order valence-corrected chi connectivity index (χ4v) is 4.49. The monoisotopic (exact) mass is 164 g/mol. The van der Waals surface area contributed by atoms with Crippen LogP contribution in [0.5, 0.6) is 0 Å². The van der Waals surface area contributed by atoms with Crippen LogP contribution in [0.3, 0.4) is 0 Å². The summed E-state index contributed by atoms with van der Waals surface area (Å²) in [6, 6.07) is 0. The highest BCUT2D eigenvalue weighted by atomic mass is 16.1. The predicted octanol–water partition coefficient (Wildman–Crippen LogP) is 2.26. The molecule has 4 rings (SSSR count). The van der Waals surface area contributed by atoms with E-state index in [1.165, 1.54) is 19.1 Å². The van der Waals surface area contributed by atoms with Crippen LogP contribution in [-0.4, -0.2) is 6.29 Å². The van der Waals surface area contributed by atoms with Crippen molar-refractivity contribution in [1.82, 2.24) is 0 Å². The lowest BCUT2D eigenvalue weighted by Gasteiger charge is -2.36. The number of rotatable bonds is 1. The van der Waals surface area contributed by atoms with Gasteiger partial charge in [-0.25, -0.2) is 0 Å². The van der Waals surface area contributed by atoms with Crippen LogP contribution in [0, 0.1) is 28.1 Å². The van der Waals surface area contributed by atoms with Crippen LogP contribution in [0.2, 0.25) is 0 Å². The maximum absolute atomic E-state index is 11.2. The molecule has 4 aliphatic rings. The zero-order chi connectivity index (χ0) is 8.78. The first-order valence-electron chi connectivity index (χ1n) is 4.96. The minimum Gasteiger partial charge on any atom is -0.303 e. The van der Waals surface area contributed by atoms with E-state index in [2.05, 4.69) is 20.8 Å². The lowest BCUT2D eigenvalue weighted by Crippen LogP contribution is -2.34. The highest BCUT2D eigenvalue weighted by Gasteiger charge is 2.85. The summed E-state index contributed by atoms with van der Waals surface area (Å²) >= 11 is 0. The van der Waals surface area contributed by atoms with E-state index in [1.807, 2.05) is 0 Å². The average Bonchev–Trinajstić information content (AvgIpc) is 2.42. The summed E-state index contributed by atoms with van der Waals surface area (Å²) in [5.41, 5.74) is 0.863. The van der Waals surface area contributed by atoms with Crippen molar-refractivity contribution < 1.29 is 4.79 Å². The molecule has 0 N–H and O–H groups in total. The van der Waals surface area contributed by atoms with E-state index >= 15 is 0 Å². The van der Waals surface area contributed by atoms with Crippen molar-refractivity contribution in [3.8, 4) is 0 Å². The molecule has 0 saturated heterocycles. The molecule has 4 bridgehead atoms. The Kier molecular flexibility index (Phi) is 0.831. The van der Waals surface area contributed by atoms with Crippen LogP contribution in [0.25, 0.3) is 0 Å². The lowest BCUT2D eigenvalue weighted by molar-refractivity contribution is -0.120. The van der Waals surface area contributed by atoms with Gasteiger partial charge in [0, 0.05) is 5.41 Å². The molecule has 0 aromatic carbocycles. The van der Waals surface area contributed by atoms with Gasteiger partial charge in [-0.15, -0.1) is 0 Å². The number of aldehydes is 1. The van der Waals surface area contributed by atoms with E-state index < -0.39 is 0 Å². The quantitative estimate of drug-likeness (QED) is 0.543. The van der Waals surface area contributed by atoms with Gasteiger partial charge < -0.3 is 4.79 Å². The van der Waals surface area contributed by atoms with Crippen molar-refractivity contribution in [2.75, 3.05) is 0 Å². The summed E-state index contributed by atoms with van der Waals surface area (Å²) < 4.78 is 0. The Morgan fingerprint density at radius 3 is 1.83 bits per heavy atom. The largest absolute Gasteiger partial charge is 0.303 e. The van der Waals surface area contributed by atoms with Crippen molar-refractivity contribution in [1.29, 1.82) is 0 Å². The van der Waals surface area contributed by atoms with Crippen LogP contribution < -0.4 is 0 Å². The third-order valence-electron chi connectivity index (χ3n) is 5.90. The summed E-state index contributed by atoms with van der Waals surface area (Å²) in [5, 5.41) is 0. The smallest absolute Gasteiger partial charge is 0.126 e. The number of hydrogen-bond acceptors (Lipinski definition) is 1. The lowest BCUT2D eigenvalue weighted by atomic mass is 9.67. The maximum Gasteiger partial charge on any atom is 0.126 e. The molecule has 0 aromatic heterocycles. The van der Waals surface area contributed by atoms with E-state index in [0.29, 0.717) is 5.41 Å². The first-order valence-corrected chi connectivity index (χ1v) is 4.96. The molecule has 0 spiro atoms. The van der Waals surface area contributed by atoms with Gasteiger partial charge in [0.15, 0.2) is 0 Å². The van der Waals surface area contributed by atoms with E-state index in [0.717, 1.165) is 11.8 Å². The normalized spacial score (nSPS) is 63.6. The summed E-state index contributed by atoms with van der Waals surface area (Å²) in [6.07, 6.45) is 3.63. The Morgan fingerprint density at radius 1 is 1.17 bits per heavy atom. The second-order valence-electron chi connectivity index (χ2n) is 5.80. The van der Waals surface area contributed by atoms with Crippen molar-refractivity contribution in [2.24, 2.45) is 28.1 Å². The minimum absolute atomic E-state index is 0.0666. The fraction of sp³-hybridized carbons (Fsp3) is 0.909. The van der Waals surface area contributed by atoms with Crippen LogP contribution in [0.1, 0.15) is 33.6 Å². The predicted molar refractivity (Wildman–Crippen MR) is 46.6 cm³/mol. The molecule has 1 nitrogen and oxygen atoms in total. The maximum atomic E-state index is 11.2. The van der Waals surface area contributed by atoms with Gasteiger partial charge in [-0.05, 0) is 35.5 Å². The topological polar surface area (TPSA) is 17.1 Å². The minimum atomic E-state index is 0.0666. The molecule has 0 heterocycles. The summed E-state index contributed by atoms with van der Waals surface area (Å²) in [7, 11) is 0. The first kappa shape index (κ1) is 7.11.